The maximum Gasteiger partial charge on any atom is 0.488 e. The van der Waals surface area contributed by atoms with E-state index in [1.54, 1.807) is 24.3 Å². The van der Waals surface area contributed by atoms with Crippen LogP contribution in [-0.2, 0) is 0 Å². The summed E-state index contributed by atoms with van der Waals surface area (Å²) in [5, 5.41) is 18.0. The van der Waals surface area contributed by atoms with Crippen molar-refractivity contribution in [1.29, 1.82) is 0 Å². The van der Waals surface area contributed by atoms with Crippen LogP contribution in [-0.4, -0.2) is 23.8 Å². The van der Waals surface area contributed by atoms with Gasteiger partial charge in [0.1, 0.15) is 5.75 Å². The normalized spacial score (nSPS) is 10.4. The van der Waals surface area contributed by atoms with Crippen LogP contribution in [0.1, 0.15) is 51.4 Å². The number of benzene rings is 1. The smallest absolute Gasteiger partial charge is 0.488 e. The Morgan fingerprint density at radius 1 is 0.905 bits per heavy atom. The molecule has 0 aliphatic heterocycles. The molecule has 0 bridgehead atoms. The van der Waals surface area contributed by atoms with Crippen LogP contribution < -0.4 is 10.2 Å². The molecule has 0 radical (unpaired) electrons. The predicted octanol–water partition coefficient (Wildman–Crippen LogP) is 3.05. The number of hydrogen-bond acceptors (Lipinski definition) is 3. The van der Waals surface area contributed by atoms with E-state index in [-0.39, 0.29) is 0 Å². The summed E-state index contributed by atoms with van der Waals surface area (Å²) in [5.41, 5.74) is 0.485. The average molecular weight is 290 g/mol. The summed E-state index contributed by atoms with van der Waals surface area (Å²) in [7, 11) is -1.41. The van der Waals surface area contributed by atoms with Crippen molar-refractivity contribution in [2.45, 2.75) is 51.4 Å². The second-order valence-corrected chi connectivity index (χ2v) is 5.34. The highest BCUT2D eigenvalue weighted by Gasteiger charge is 2.09. The van der Waals surface area contributed by atoms with E-state index in [0.29, 0.717) is 5.46 Å². The van der Waals surface area contributed by atoms with Gasteiger partial charge in [-0.05, 0) is 36.9 Å². The van der Waals surface area contributed by atoms with Gasteiger partial charge in [0.25, 0.3) is 0 Å². The first-order valence-electron chi connectivity index (χ1n) is 7.94. The Balaban J connectivity index is 1.97. The topological polar surface area (TPSA) is 49.7 Å². The fourth-order valence-corrected chi connectivity index (χ4v) is 2.20. The maximum absolute atomic E-state index is 8.99. The third-order valence-corrected chi connectivity index (χ3v) is 3.50. The summed E-state index contributed by atoms with van der Waals surface area (Å²) in [6.07, 6.45) is 11.9. The van der Waals surface area contributed by atoms with E-state index in [1.165, 1.54) is 38.5 Å². The van der Waals surface area contributed by atoms with Gasteiger partial charge in [0.05, 0.1) is 6.61 Å². The second kappa shape index (κ2) is 11.4. The predicted molar refractivity (Wildman–Crippen MR) is 88.9 cm³/mol. The molecule has 0 spiro atoms. The van der Waals surface area contributed by atoms with Gasteiger partial charge in [-0.1, -0.05) is 50.3 Å². The van der Waals surface area contributed by atoms with Gasteiger partial charge < -0.3 is 14.8 Å². The van der Waals surface area contributed by atoms with Crippen LogP contribution in [0.25, 0.3) is 0 Å². The summed E-state index contributed by atoms with van der Waals surface area (Å²) in [6.45, 7) is 4.45. The van der Waals surface area contributed by atoms with Gasteiger partial charge in [0.2, 0.25) is 0 Å². The van der Waals surface area contributed by atoms with E-state index in [0.717, 1.165) is 25.2 Å². The van der Waals surface area contributed by atoms with Gasteiger partial charge in [-0.15, -0.1) is 6.58 Å². The number of unbranched alkanes of at least 4 members (excludes halogenated alkanes) is 7. The van der Waals surface area contributed by atoms with Gasteiger partial charge in [0.15, 0.2) is 0 Å². The second-order valence-electron chi connectivity index (χ2n) is 5.34. The molecule has 2 N–H and O–H groups in total. The molecule has 1 aromatic rings. The molecule has 0 saturated carbocycles. The largest absolute Gasteiger partial charge is 0.494 e. The van der Waals surface area contributed by atoms with Crippen molar-refractivity contribution in [1.82, 2.24) is 0 Å². The van der Waals surface area contributed by atoms with Crippen LogP contribution in [0.2, 0.25) is 0 Å². The van der Waals surface area contributed by atoms with Gasteiger partial charge in [-0.2, -0.15) is 0 Å². The molecule has 0 unspecified atom stereocenters. The molecule has 116 valence electrons. The van der Waals surface area contributed by atoms with Crippen molar-refractivity contribution in [3.8, 4) is 5.75 Å². The Morgan fingerprint density at radius 2 is 1.48 bits per heavy atom. The highest BCUT2D eigenvalue weighted by molar-refractivity contribution is 6.58. The van der Waals surface area contributed by atoms with E-state index in [9.17, 15) is 0 Å². The lowest BCUT2D eigenvalue weighted by Crippen LogP contribution is -2.29. The zero-order valence-corrected chi connectivity index (χ0v) is 12.8. The molecule has 0 atom stereocenters. The number of hydrogen-bond donors (Lipinski definition) is 2. The summed E-state index contributed by atoms with van der Waals surface area (Å²) >= 11 is 0. The molecule has 4 heteroatoms. The summed E-state index contributed by atoms with van der Waals surface area (Å²) in [6, 6.07) is 6.88. The number of ether oxygens (including phenoxy) is 1. The lowest BCUT2D eigenvalue weighted by molar-refractivity contribution is 0.304. The Hall–Kier alpha value is -1.26. The van der Waals surface area contributed by atoms with Crippen molar-refractivity contribution < 1.29 is 14.8 Å². The van der Waals surface area contributed by atoms with E-state index >= 15 is 0 Å². The van der Waals surface area contributed by atoms with Gasteiger partial charge in [-0.3, -0.25) is 0 Å². The number of rotatable bonds is 12. The molecule has 1 rings (SSSR count). The SMILES string of the molecule is C=CCCCCCCCCCOc1ccc(B(O)O)cc1. The van der Waals surface area contributed by atoms with Gasteiger partial charge >= 0.3 is 7.12 Å². The fourth-order valence-electron chi connectivity index (χ4n) is 2.20. The van der Waals surface area contributed by atoms with E-state index in [1.807, 2.05) is 6.08 Å². The minimum atomic E-state index is -1.41. The minimum absolute atomic E-state index is 0.485. The average Bonchev–Trinajstić information content (AvgIpc) is 2.49. The lowest BCUT2D eigenvalue weighted by Gasteiger charge is -2.07. The summed E-state index contributed by atoms with van der Waals surface area (Å²) in [5.74, 6) is 0.781. The first kappa shape index (κ1) is 17.8. The first-order chi connectivity index (χ1) is 10.2. The standard InChI is InChI=1S/C17H27BO3/c1-2-3-4-5-6-7-8-9-10-15-21-17-13-11-16(12-14-17)18(19)20/h2,11-14,19-20H,1,3-10,15H2. The molecule has 0 heterocycles. The fraction of sp³-hybridized carbons (Fsp3) is 0.529. The van der Waals surface area contributed by atoms with E-state index < -0.39 is 7.12 Å². The molecule has 0 aliphatic carbocycles. The van der Waals surface area contributed by atoms with Crippen LogP contribution >= 0.6 is 0 Å². The quantitative estimate of drug-likeness (QED) is 0.353. The molecule has 3 nitrogen and oxygen atoms in total. The van der Waals surface area contributed by atoms with Crippen molar-refractivity contribution in [3.05, 3.63) is 36.9 Å². The van der Waals surface area contributed by atoms with Crippen LogP contribution in [0, 0.1) is 0 Å². The zero-order chi connectivity index (χ0) is 15.3. The third kappa shape index (κ3) is 8.58. The highest BCUT2D eigenvalue weighted by atomic mass is 16.5. The molecule has 0 amide bonds. The lowest BCUT2D eigenvalue weighted by atomic mass is 9.80. The highest BCUT2D eigenvalue weighted by Crippen LogP contribution is 2.11. The molecule has 0 aromatic heterocycles. The van der Waals surface area contributed by atoms with Crippen molar-refractivity contribution >= 4 is 12.6 Å². The van der Waals surface area contributed by atoms with Gasteiger partial charge in [-0.25, -0.2) is 0 Å². The first-order valence-corrected chi connectivity index (χ1v) is 7.94. The van der Waals surface area contributed by atoms with E-state index in [2.05, 4.69) is 6.58 Å². The molecule has 0 fully saturated rings. The molecular weight excluding hydrogens is 263 g/mol. The molecule has 0 aliphatic rings. The summed E-state index contributed by atoms with van der Waals surface area (Å²) in [4.78, 5) is 0. The monoisotopic (exact) mass is 290 g/mol. The van der Waals surface area contributed by atoms with Crippen LogP contribution in [0.15, 0.2) is 36.9 Å². The molecule has 21 heavy (non-hydrogen) atoms. The summed E-state index contributed by atoms with van der Waals surface area (Å²) < 4.78 is 5.63. The Morgan fingerprint density at radius 3 is 2.05 bits per heavy atom. The van der Waals surface area contributed by atoms with Crippen LogP contribution in [0.3, 0.4) is 0 Å². The molecular formula is C17H27BO3. The van der Waals surface area contributed by atoms with Crippen LogP contribution in [0.4, 0.5) is 0 Å². The molecule has 1 aromatic carbocycles. The third-order valence-electron chi connectivity index (χ3n) is 3.50. The number of allylic oxidation sites excluding steroid dienone is 1. The van der Waals surface area contributed by atoms with Gasteiger partial charge in [0, 0.05) is 0 Å². The Bertz CT molecular complexity index is 376. The Kier molecular flexibility index (Phi) is 9.67. The maximum atomic E-state index is 8.99. The van der Waals surface area contributed by atoms with Crippen molar-refractivity contribution in [2.75, 3.05) is 6.61 Å². The van der Waals surface area contributed by atoms with E-state index in [4.69, 9.17) is 14.8 Å². The zero-order valence-electron chi connectivity index (χ0n) is 12.8. The minimum Gasteiger partial charge on any atom is -0.494 e. The Labute approximate surface area is 128 Å². The van der Waals surface area contributed by atoms with Crippen LogP contribution in [0.5, 0.6) is 5.75 Å². The van der Waals surface area contributed by atoms with Crippen molar-refractivity contribution in [3.63, 3.8) is 0 Å². The van der Waals surface area contributed by atoms with Crippen molar-refractivity contribution in [2.24, 2.45) is 0 Å². The molecule has 0 saturated heterocycles.